The summed E-state index contributed by atoms with van der Waals surface area (Å²) in [5.74, 6) is 1.10. The summed E-state index contributed by atoms with van der Waals surface area (Å²) in [5.41, 5.74) is 5.19. The van der Waals surface area contributed by atoms with Crippen molar-refractivity contribution in [2.75, 3.05) is 30.1 Å². The number of amides is 1. The van der Waals surface area contributed by atoms with E-state index in [0.29, 0.717) is 42.1 Å². The third-order valence-corrected chi connectivity index (χ3v) is 5.32. The summed E-state index contributed by atoms with van der Waals surface area (Å²) in [4.78, 5) is 18.5. The molecule has 0 bridgehead atoms. The molecule has 0 aliphatic carbocycles. The Balaban J connectivity index is 1.70. The molecule has 1 amide bonds. The number of carbonyl (C=O) groups excluding carboxylic acids is 1. The molecule has 2 aliphatic rings. The zero-order valence-corrected chi connectivity index (χ0v) is 17.4. The van der Waals surface area contributed by atoms with E-state index in [-0.39, 0.29) is 5.91 Å². The predicted octanol–water partition coefficient (Wildman–Crippen LogP) is 3.93. The van der Waals surface area contributed by atoms with Crippen LogP contribution >= 0.6 is 11.8 Å². The van der Waals surface area contributed by atoms with Gasteiger partial charge in [-0.05, 0) is 31.2 Å². The first-order valence-electron chi connectivity index (χ1n) is 9.52. The summed E-state index contributed by atoms with van der Waals surface area (Å²) in [7, 11) is 0. The van der Waals surface area contributed by atoms with Gasteiger partial charge in [-0.1, -0.05) is 36.0 Å². The van der Waals surface area contributed by atoms with Crippen molar-refractivity contribution in [1.29, 1.82) is 0 Å². The summed E-state index contributed by atoms with van der Waals surface area (Å²) >= 11 is 1.41. The highest BCUT2D eigenvalue weighted by Crippen LogP contribution is 2.37. The van der Waals surface area contributed by atoms with E-state index < -0.39 is 0 Å². The SMILES string of the molecule is C=CCN=C1NN(c2ccc3c(c2)OCCO3)C(C(=O)Nc2ccccc2)=C(C)S1. The van der Waals surface area contributed by atoms with Gasteiger partial charge in [-0.2, -0.15) is 0 Å². The molecule has 0 fully saturated rings. The highest BCUT2D eigenvalue weighted by atomic mass is 32.2. The lowest BCUT2D eigenvalue weighted by molar-refractivity contribution is -0.113. The molecule has 0 unspecified atom stereocenters. The topological polar surface area (TPSA) is 75.2 Å². The Morgan fingerprint density at radius 1 is 1.23 bits per heavy atom. The Bertz CT molecular complexity index is 1020. The zero-order valence-electron chi connectivity index (χ0n) is 16.6. The van der Waals surface area contributed by atoms with Gasteiger partial charge in [0.05, 0.1) is 12.2 Å². The highest BCUT2D eigenvalue weighted by molar-refractivity contribution is 8.17. The molecule has 2 heterocycles. The van der Waals surface area contributed by atoms with Gasteiger partial charge in [0.25, 0.3) is 5.91 Å². The highest BCUT2D eigenvalue weighted by Gasteiger charge is 2.29. The average Bonchev–Trinajstić information content (AvgIpc) is 2.77. The van der Waals surface area contributed by atoms with Gasteiger partial charge in [-0.25, -0.2) is 5.01 Å². The number of rotatable bonds is 5. The van der Waals surface area contributed by atoms with Crippen LogP contribution in [0.15, 0.2) is 76.8 Å². The molecule has 4 rings (SSSR count). The third kappa shape index (κ3) is 4.28. The van der Waals surface area contributed by atoms with Crippen LogP contribution in [0.25, 0.3) is 0 Å². The molecule has 0 spiro atoms. The number of para-hydroxylation sites is 1. The number of thioether (sulfide) groups is 1. The van der Waals surface area contributed by atoms with Crippen LogP contribution in [0.4, 0.5) is 11.4 Å². The molecule has 2 aromatic rings. The monoisotopic (exact) mass is 422 g/mol. The molecule has 0 saturated carbocycles. The number of aliphatic imine (C=N–C) groups is 1. The van der Waals surface area contributed by atoms with E-state index in [1.54, 1.807) is 11.1 Å². The Morgan fingerprint density at radius 2 is 2.00 bits per heavy atom. The van der Waals surface area contributed by atoms with Crippen molar-refractivity contribution in [1.82, 2.24) is 5.43 Å². The Morgan fingerprint density at radius 3 is 2.77 bits per heavy atom. The minimum absolute atomic E-state index is 0.226. The van der Waals surface area contributed by atoms with Crippen molar-refractivity contribution >= 4 is 34.2 Å². The molecule has 0 saturated heterocycles. The Kier molecular flexibility index (Phi) is 5.94. The molecular weight excluding hydrogens is 400 g/mol. The van der Waals surface area contributed by atoms with E-state index in [1.807, 2.05) is 55.5 Å². The molecule has 0 aromatic heterocycles. The summed E-state index contributed by atoms with van der Waals surface area (Å²) in [6.07, 6.45) is 1.72. The number of anilines is 2. The summed E-state index contributed by atoms with van der Waals surface area (Å²) < 4.78 is 11.3. The quantitative estimate of drug-likeness (QED) is 0.712. The van der Waals surface area contributed by atoms with Crippen LogP contribution in [0.3, 0.4) is 0 Å². The second kappa shape index (κ2) is 8.96. The van der Waals surface area contributed by atoms with Gasteiger partial charge < -0.3 is 14.8 Å². The van der Waals surface area contributed by atoms with E-state index in [0.717, 1.165) is 16.3 Å². The smallest absolute Gasteiger partial charge is 0.275 e. The van der Waals surface area contributed by atoms with E-state index in [2.05, 4.69) is 22.3 Å². The van der Waals surface area contributed by atoms with Gasteiger partial charge in [-0.15, -0.1) is 6.58 Å². The van der Waals surface area contributed by atoms with Crippen LogP contribution < -0.4 is 25.2 Å². The van der Waals surface area contributed by atoms with Crippen molar-refractivity contribution < 1.29 is 14.3 Å². The number of amidine groups is 1. The van der Waals surface area contributed by atoms with Gasteiger partial charge in [0.15, 0.2) is 16.7 Å². The molecule has 0 radical (unpaired) electrons. The number of hydrazine groups is 1. The molecule has 2 aromatic carbocycles. The fraction of sp³-hybridized carbons (Fsp3) is 0.182. The molecule has 0 atom stereocenters. The first-order chi connectivity index (χ1) is 14.7. The van der Waals surface area contributed by atoms with E-state index in [4.69, 9.17) is 9.47 Å². The predicted molar refractivity (Wildman–Crippen MR) is 121 cm³/mol. The van der Waals surface area contributed by atoms with Crippen LogP contribution in [0, 0.1) is 0 Å². The van der Waals surface area contributed by atoms with Gasteiger partial charge >= 0.3 is 0 Å². The minimum atomic E-state index is -0.226. The maximum absolute atomic E-state index is 13.2. The summed E-state index contributed by atoms with van der Waals surface area (Å²) in [5, 5.41) is 5.36. The Hall–Kier alpha value is -3.39. The van der Waals surface area contributed by atoms with Crippen LogP contribution in [0.2, 0.25) is 0 Å². The lowest BCUT2D eigenvalue weighted by Gasteiger charge is -2.34. The largest absolute Gasteiger partial charge is 0.486 e. The molecule has 7 nitrogen and oxygen atoms in total. The molecule has 2 aliphatic heterocycles. The van der Waals surface area contributed by atoms with E-state index in [1.165, 1.54) is 11.8 Å². The number of nitrogens with one attached hydrogen (secondary N) is 2. The van der Waals surface area contributed by atoms with E-state index >= 15 is 0 Å². The molecule has 154 valence electrons. The fourth-order valence-corrected chi connectivity index (χ4v) is 3.92. The lowest BCUT2D eigenvalue weighted by atomic mass is 10.2. The van der Waals surface area contributed by atoms with Crippen molar-refractivity contribution in [2.24, 2.45) is 4.99 Å². The number of carbonyl (C=O) groups is 1. The molecule has 30 heavy (non-hydrogen) atoms. The van der Waals surface area contributed by atoms with Gasteiger partial charge in [-0.3, -0.25) is 15.2 Å². The fourth-order valence-electron chi connectivity index (χ4n) is 3.08. The van der Waals surface area contributed by atoms with Gasteiger partial charge in [0.2, 0.25) is 0 Å². The maximum atomic E-state index is 13.2. The van der Waals surface area contributed by atoms with Crippen molar-refractivity contribution in [2.45, 2.75) is 6.92 Å². The van der Waals surface area contributed by atoms with Crippen LogP contribution in [-0.2, 0) is 4.79 Å². The zero-order chi connectivity index (χ0) is 20.9. The number of nitrogens with zero attached hydrogens (tertiary/aromatic N) is 2. The average molecular weight is 423 g/mol. The van der Waals surface area contributed by atoms with Crippen molar-refractivity contribution in [3.63, 3.8) is 0 Å². The standard InChI is InChI=1S/C22H22N4O3S/c1-3-11-23-22-25-26(17-9-10-18-19(14-17)29-13-12-28-18)20(15(2)30-22)21(27)24-16-7-5-4-6-8-16/h3-10,14H,1,11-13H2,2H3,(H,23,25)(H,24,27). The minimum Gasteiger partial charge on any atom is -0.486 e. The summed E-state index contributed by atoms with van der Waals surface area (Å²) in [6.45, 7) is 7.10. The maximum Gasteiger partial charge on any atom is 0.275 e. The molecule has 8 heteroatoms. The third-order valence-electron chi connectivity index (χ3n) is 4.41. The van der Waals surface area contributed by atoms with Crippen LogP contribution in [-0.4, -0.2) is 30.8 Å². The second-order valence-electron chi connectivity index (χ2n) is 6.54. The van der Waals surface area contributed by atoms with Crippen LogP contribution in [0.5, 0.6) is 11.5 Å². The number of ether oxygens (including phenoxy) is 2. The van der Waals surface area contributed by atoms with Crippen molar-refractivity contribution in [3.8, 4) is 11.5 Å². The second-order valence-corrected chi connectivity index (χ2v) is 7.74. The Labute approximate surface area is 179 Å². The van der Waals surface area contributed by atoms with Gasteiger partial charge in [0.1, 0.15) is 18.9 Å². The number of allylic oxidation sites excluding steroid dienone is 1. The van der Waals surface area contributed by atoms with Gasteiger partial charge in [0, 0.05) is 16.7 Å². The van der Waals surface area contributed by atoms with Crippen molar-refractivity contribution in [3.05, 3.63) is 71.8 Å². The number of hydrogen-bond acceptors (Lipinski definition) is 6. The summed E-state index contributed by atoms with van der Waals surface area (Å²) in [6, 6.07) is 14.9. The van der Waals surface area contributed by atoms with E-state index in [9.17, 15) is 4.79 Å². The lowest BCUT2D eigenvalue weighted by Crippen LogP contribution is -2.47. The number of fused-ring (bicyclic) bond motifs is 1. The normalized spacial score (nSPS) is 16.8. The molecule has 2 N–H and O–H groups in total. The first-order valence-corrected chi connectivity index (χ1v) is 10.3. The van der Waals surface area contributed by atoms with Crippen LogP contribution in [0.1, 0.15) is 6.92 Å². The number of benzene rings is 2. The molecular formula is C22H22N4O3S. The number of hydrogen-bond donors (Lipinski definition) is 2. The first kappa shape index (κ1) is 19.9.